The molecule has 4 rings (SSSR count). The number of pyridine rings is 2. The number of nitrogens with zero attached hydrogens (tertiary/aromatic N) is 3. The van der Waals surface area contributed by atoms with Crippen molar-refractivity contribution < 1.29 is 9.90 Å². The van der Waals surface area contributed by atoms with Crippen LogP contribution in [-0.2, 0) is 4.79 Å². The maximum atomic E-state index is 10.8. The normalized spacial score (nSPS) is 15.1. The number of carbonyl (C=O) groups is 1. The number of nitrogens with one attached hydrogen (secondary N) is 1. The third-order valence-corrected chi connectivity index (χ3v) is 6.37. The molecule has 0 atom stereocenters. The van der Waals surface area contributed by atoms with Crippen LogP contribution in [0.3, 0.4) is 0 Å². The number of thiophene rings is 1. The largest absolute Gasteiger partial charge is 0.478 e. The van der Waals surface area contributed by atoms with Gasteiger partial charge in [-0.3, -0.25) is 4.98 Å². The van der Waals surface area contributed by atoms with Crippen molar-refractivity contribution in [3.63, 3.8) is 0 Å². The average molecular weight is 423 g/mol. The summed E-state index contributed by atoms with van der Waals surface area (Å²) < 4.78 is 0. The minimum Gasteiger partial charge on any atom is -0.478 e. The van der Waals surface area contributed by atoms with E-state index in [4.69, 9.17) is 10.1 Å². The van der Waals surface area contributed by atoms with Crippen molar-refractivity contribution in [2.75, 3.05) is 31.5 Å². The molecular weight excluding hydrogens is 396 g/mol. The first-order valence-electron chi connectivity index (χ1n) is 10.4. The monoisotopic (exact) mass is 422 g/mol. The van der Waals surface area contributed by atoms with E-state index >= 15 is 0 Å². The van der Waals surface area contributed by atoms with E-state index in [1.165, 1.54) is 43.7 Å². The number of likely N-dealkylation sites (tertiary alicyclic amines) is 1. The van der Waals surface area contributed by atoms with Crippen molar-refractivity contribution in [3.05, 3.63) is 47.6 Å². The molecule has 1 saturated heterocycles. The Labute approximate surface area is 180 Å². The number of anilines is 1. The Kier molecular flexibility index (Phi) is 6.71. The van der Waals surface area contributed by atoms with E-state index < -0.39 is 5.97 Å². The highest BCUT2D eigenvalue weighted by atomic mass is 32.1. The molecule has 1 aliphatic heterocycles. The fourth-order valence-electron chi connectivity index (χ4n) is 3.78. The topological polar surface area (TPSA) is 78.4 Å². The summed E-state index contributed by atoms with van der Waals surface area (Å²) in [6, 6.07) is 7.91. The summed E-state index contributed by atoms with van der Waals surface area (Å²) in [7, 11) is 0. The quantitative estimate of drug-likeness (QED) is 0.403. The summed E-state index contributed by atoms with van der Waals surface area (Å²) in [5, 5.41) is 13.4. The summed E-state index contributed by atoms with van der Waals surface area (Å²) in [6.07, 6.45) is 11.5. The molecule has 3 aromatic heterocycles. The van der Waals surface area contributed by atoms with Crippen LogP contribution < -0.4 is 5.32 Å². The molecule has 0 unspecified atom stereocenters. The lowest BCUT2D eigenvalue weighted by Gasteiger charge is -2.26. The third-order valence-electron chi connectivity index (χ3n) is 5.29. The molecule has 3 aromatic rings. The number of hydrogen-bond donors (Lipinski definition) is 2. The van der Waals surface area contributed by atoms with E-state index in [0.717, 1.165) is 57.6 Å². The number of aliphatic carboxylic acids is 1. The molecule has 1 fully saturated rings. The molecule has 0 aliphatic carbocycles. The summed E-state index contributed by atoms with van der Waals surface area (Å²) >= 11 is 1.53. The Morgan fingerprint density at radius 1 is 1.23 bits per heavy atom. The van der Waals surface area contributed by atoms with Gasteiger partial charge in [-0.2, -0.15) is 0 Å². The van der Waals surface area contributed by atoms with Gasteiger partial charge in [-0.1, -0.05) is 6.42 Å². The van der Waals surface area contributed by atoms with Gasteiger partial charge in [0, 0.05) is 41.0 Å². The molecule has 0 spiro atoms. The maximum absolute atomic E-state index is 10.8. The van der Waals surface area contributed by atoms with Gasteiger partial charge in [-0.15, -0.1) is 11.3 Å². The molecule has 0 bridgehead atoms. The fourth-order valence-corrected chi connectivity index (χ4v) is 4.65. The van der Waals surface area contributed by atoms with Crippen molar-refractivity contribution in [1.82, 2.24) is 14.9 Å². The van der Waals surface area contributed by atoms with Crippen LogP contribution in [0.4, 0.5) is 5.69 Å². The fraction of sp³-hybridized carbons (Fsp3) is 0.348. The number of hydrogen-bond acceptors (Lipinski definition) is 6. The first kappa shape index (κ1) is 20.5. The van der Waals surface area contributed by atoms with E-state index in [1.807, 2.05) is 24.4 Å². The molecule has 7 heteroatoms. The molecule has 0 amide bonds. The van der Waals surface area contributed by atoms with Crippen molar-refractivity contribution in [3.8, 4) is 10.6 Å². The highest BCUT2D eigenvalue weighted by Crippen LogP contribution is 2.32. The molecule has 156 valence electrons. The predicted molar refractivity (Wildman–Crippen MR) is 123 cm³/mol. The average Bonchev–Trinajstić information content (AvgIpc) is 3.25. The van der Waals surface area contributed by atoms with Crippen LogP contribution in [0.15, 0.2) is 42.7 Å². The highest BCUT2D eigenvalue weighted by molar-refractivity contribution is 7.16. The van der Waals surface area contributed by atoms with E-state index in [9.17, 15) is 4.79 Å². The Balaban J connectivity index is 1.50. The molecular formula is C23H26N4O2S. The van der Waals surface area contributed by atoms with Crippen LogP contribution in [0, 0.1) is 0 Å². The lowest BCUT2D eigenvalue weighted by atomic mass is 10.1. The molecule has 30 heavy (non-hydrogen) atoms. The summed E-state index contributed by atoms with van der Waals surface area (Å²) in [4.78, 5) is 24.3. The van der Waals surface area contributed by atoms with Crippen molar-refractivity contribution in [2.45, 2.75) is 25.7 Å². The molecule has 6 nitrogen and oxygen atoms in total. The zero-order valence-corrected chi connectivity index (χ0v) is 17.7. The van der Waals surface area contributed by atoms with Gasteiger partial charge in [0.15, 0.2) is 0 Å². The van der Waals surface area contributed by atoms with Gasteiger partial charge in [0.25, 0.3) is 0 Å². The number of rotatable bonds is 8. The van der Waals surface area contributed by atoms with Crippen molar-refractivity contribution >= 4 is 40.0 Å². The smallest absolute Gasteiger partial charge is 0.328 e. The lowest BCUT2D eigenvalue weighted by Crippen LogP contribution is -2.31. The minimum absolute atomic E-state index is 0.882. The van der Waals surface area contributed by atoms with Gasteiger partial charge < -0.3 is 15.3 Å². The maximum Gasteiger partial charge on any atom is 0.328 e. The number of carboxylic acids is 1. The molecule has 0 saturated carbocycles. The van der Waals surface area contributed by atoms with Crippen LogP contribution in [0.25, 0.3) is 27.6 Å². The second-order valence-corrected chi connectivity index (χ2v) is 8.62. The second-order valence-electron chi connectivity index (χ2n) is 7.50. The Hall–Kier alpha value is -2.77. The first-order chi connectivity index (χ1) is 14.7. The summed E-state index contributed by atoms with van der Waals surface area (Å²) in [5.41, 5.74) is 2.82. The lowest BCUT2D eigenvalue weighted by molar-refractivity contribution is -0.131. The molecule has 2 N–H and O–H groups in total. The molecule has 1 aliphatic rings. The molecule has 0 aromatic carbocycles. The molecule has 4 heterocycles. The van der Waals surface area contributed by atoms with Crippen LogP contribution in [0.1, 0.15) is 30.6 Å². The Morgan fingerprint density at radius 3 is 2.93 bits per heavy atom. The van der Waals surface area contributed by atoms with Crippen LogP contribution in [0.2, 0.25) is 0 Å². The highest BCUT2D eigenvalue weighted by Gasteiger charge is 2.11. The summed E-state index contributed by atoms with van der Waals surface area (Å²) in [5.74, 6) is -0.947. The van der Waals surface area contributed by atoms with Gasteiger partial charge in [0.1, 0.15) is 0 Å². The van der Waals surface area contributed by atoms with Crippen LogP contribution in [-0.4, -0.2) is 52.1 Å². The van der Waals surface area contributed by atoms with Gasteiger partial charge >= 0.3 is 5.97 Å². The Morgan fingerprint density at radius 2 is 2.10 bits per heavy atom. The van der Waals surface area contributed by atoms with Gasteiger partial charge in [0.05, 0.1) is 16.1 Å². The van der Waals surface area contributed by atoms with Crippen molar-refractivity contribution in [2.24, 2.45) is 0 Å². The Bertz CT molecular complexity index is 1040. The second kappa shape index (κ2) is 9.82. The van der Waals surface area contributed by atoms with Gasteiger partial charge in [0.2, 0.25) is 0 Å². The first-order valence-corrected chi connectivity index (χ1v) is 11.2. The number of carboxylic acid groups (broad SMARTS) is 1. The van der Waals surface area contributed by atoms with E-state index in [1.54, 1.807) is 12.3 Å². The zero-order valence-electron chi connectivity index (χ0n) is 16.9. The molecule has 0 radical (unpaired) electrons. The minimum atomic E-state index is -0.947. The zero-order chi connectivity index (χ0) is 20.8. The van der Waals surface area contributed by atoms with E-state index in [2.05, 4.69) is 21.3 Å². The number of aromatic nitrogens is 2. The van der Waals surface area contributed by atoms with Crippen molar-refractivity contribution in [1.29, 1.82) is 0 Å². The number of fused-ring (bicyclic) bond motifs is 1. The van der Waals surface area contributed by atoms with Gasteiger partial charge in [-0.25, -0.2) is 9.78 Å². The predicted octanol–water partition coefficient (Wildman–Crippen LogP) is 4.74. The number of piperidine rings is 1. The third kappa shape index (κ3) is 5.23. The van der Waals surface area contributed by atoms with Gasteiger partial charge in [-0.05, 0) is 69.2 Å². The SMILES string of the molecule is O=C(O)/C=C/c1ccc(-c2cc(NCCCN3CCCCC3)c3cnccc3n2)s1. The van der Waals surface area contributed by atoms with Crippen LogP contribution in [0.5, 0.6) is 0 Å². The van der Waals surface area contributed by atoms with E-state index in [-0.39, 0.29) is 0 Å². The summed E-state index contributed by atoms with van der Waals surface area (Å²) in [6.45, 7) is 4.49. The van der Waals surface area contributed by atoms with Crippen LogP contribution >= 0.6 is 11.3 Å². The van der Waals surface area contributed by atoms with E-state index in [0.29, 0.717) is 0 Å². The standard InChI is InChI=1S/C23H26N4O2S/c28-23(29)8-6-17-5-7-22(30-17)21-15-20(18-16-24-11-9-19(18)26-21)25-10-4-14-27-12-2-1-3-13-27/h5-9,11,15-16H,1-4,10,12-14H2,(H,25,26)(H,28,29)/b8-6+.